The Labute approximate surface area is 75.5 Å². The Hall–Kier alpha value is -1.42. The third-order valence-corrected chi connectivity index (χ3v) is 2.43. The molecule has 0 atom stereocenters. The molecule has 1 aromatic carbocycles. The van der Waals surface area contributed by atoms with Gasteiger partial charge in [0.05, 0.1) is 12.1 Å². The molecule has 4 heteroatoms. The molecule has 1 N–H and O–H groups in total. The molecule has 0 saturated heterocycles. The highest BCUT2D eigenvalue weighted by Crippen LogP contribution is 2.17. The van der Waals surface area contributed by atoms with E-state index in [9.17, 15) is 0 Å². The Kier molecular flexibility index (Phi) is 1.37. The first-order valence-electron chi connectivity index (χ1n) is 4.47. The fraction of sp³-hybridized carbons (Fsp3) is 0.333. The zero-order valence-corrected chi connectivity index (χ0v) is 7.20. The lowest BCUT2D eigenvalue weighted by atomic mass is 10.2. The Bertz CT molecular complexity index is 446. The first-order chi connectivity index (χ1) is 6.45. The monoisotopic (exact) mass is 174 g/mol. The molecular weight excluding hydrogens is 164 g/mol. The van der Waals surface area contributed by atoms with Crippen LogP contribution in [0, 0.1) is 0 Å². The van der Waals surface area contributed by atoms with Crippen molar-refractivity contribution in [3.8, 4) is 0 Å². The number of hydrogen-bond acceptors (Lipinski definition) is 3. The quantitative estimate of drug-likeness (QED) is 0.633. The number of para-hydroxylation sites is 1. The van der Waals surface area contributed by atoms with Crippen LogP contribution in [-0.2, 0) is 13.1 Å². The van der Waals surface area contributed by atoms with Gasteiger partial charge in [-0.2, -0.15) is 0 Å². The number of benzene rings is 1. The molecule has 4 nitrogen and oxygen atoms in total. The van der Waals surface area contributed by atoms with Gasteiger partial charge in [-0.25, -0.2) is 4.68 Å². The molecule has 0 amide bonds. The minimum atomic E-state index is 0.910. The molecule has 1 aromatic heterocycles. The molecule has 66 valence electrons. The largest absolute Gasteiger partial charge is 0.311 e. The lowest BCUT2D eigenvalue weighted by Crippen LogP contribution is -2.16. The molecule has 0 bridgehead atoms. The topological polar surface area (TPSA) is 42.7 Å². The summed E-state index contributed by atoms with van der Waals surface area (Å²) in [6.07, 6.45) is 0. The molecule has 0 aliphatic carbocycles. The fourth-order valence-corrected chi connectivity index (χ4v) is 1.81. The average molecular weight is 174 g/mol. The molecule has 0 radical (unpaired) electrons. The van der Waals surface area contributed by atoms with Crippen molar-refractivity contribution < 1.29 is 0 Å². The number of nitrogens with one attached hydrogen (secondary N) is 1. The summed E-state index contributed by atoms with van der Waals surface area (Å²) >= 11 is 0. The predicted molar refractivity (Wildman–Crippen MR) is 49.2 cm³/mol. The van der Waals surface area contributed by atoms with E-state index in [1.54, 1.807) is 0 Å². The van der Waals surface area contributed by atoms with Crippen LogP contribution in [-0.4, -0.2) is 21.5 Å². The second-order valence-corrected chi connectivity index (χ2v) is 3.27. The maximum Gasteiger partial charge on any atom is 0.113 e. The number of nitrogens with zero attached hydrogens (tertiary/aromatic N) is 3. The number of aromatic nitrogens is 3. The van der Waals surface area contributed by atoms with Gasteiger partial charge in [-0.15, -0.1) is 5.10 Å². The summed E-state index contributed by atoms with van der Waals surface area (Å²) in [5.74, 6) is 0. The smallest absolute Gasteiger partial charge is 0.113 e. The summed E-state index contributed by atoms with van der Waals surface area (Å²) < 4.78 is 1.98. The van der Waals surface area contributed by atoms with E-state index in [-0.39, 0.29) is 0 Å². The van der Waals surface area contributed by atoms with Crippen molar-refractivity contribution in [3.05, 3.63) is 23.8 Å². The molecule has 2 heterocycles. The molecule has 0 unspecified atom stereocenters. The van der Waals surface area contributed by atoms with Crippen LogP contribution in [0.4, 0.5) is 0 Å². The minimum Gasteiger partial charge on any atom is -0.311 e. The summed E-state index contributed by atoms with van der Waals surface area (Å²) in [5, 5.41) is 11.6. The van der Waals surface area contributed by atoms with Crippen LogP contribution in [0.3, 0.4) is 0 Å². The Morgan fingerprint density at radius 2 is 2.38 bits per heavy atom. The molecular formula is C9H10N4. The highest BCUT2D eigenvalue weighted by Gasteiger charge is 2.11. The summed E-state index contributed by atoms with van der Waals surface area (Å²) in [7, 11) is 0. The van der Waals surface area contributed by atoms with Crippen LogP contribution < -0.4 is 5.32 Å². The fourth-order valence-electron chi connectivity index (χ4n) is 1.81. The van der Waals surface area contributed by atoms with E-state index in [1.165, 1.54) is 11.1 Å². The van der Waals surface area contributed by atoms with E-state index in [2.05, 4.69) is 21.7 Å². The van der Waals surface area contributed by atoms with Crippen molar-refractivity contribution in [3.63, 3.8) is 0 Å². The predicted octanol–water partition coefficient (Wildman–Crippen LogP) is 0.534. The first-order valence-corrected chi connectivity index (χ1v) is 4.47. The van der Waals surface area contributed by atoms with Crippen LogP contribution in [0.2, 0.25) is 0 Å². The molecule has 1 aliphatic rings. The van der Waals surface area contributed by atoms with Crippen molar-refractivity contribution in [2.75, 3.05) is 6.54 Å². The molecule has 0 saturated carbocycles. The third-order valence-electron chi connectivity index (χ3n) is 2.43. The highest BCUT2D eigenvalue weighted by atomic mass is 15.4. The lowest BCUT2D eigenvalue weighted by Gasteiger charge is -1.98. The lowest BCUT2D eigenvalue weighted by molar-refractivity contribution is 0.570. The van der Waals surface area contributed by atoms with Crippen LogP contribution in [0.5, 0.6) is 0 Å². The van der Waals surface area contributed by atoms with Gasteiger partial charge < -0.3 is 5.32 Å². The summed E-state index contributed by atoms with van der Waals surface area (Å²) in [5.41, 5.74) is 3.48. The number of rotatable bonds is 0. The van der Waals surface area contributed by atoms with Crippen molar-refractivity contribution in [2.24, 2.45) is 0 Å². The molecule has 1 aliphatic heterocycles. The van der Waals surface area contributed by atoms with E-state index < -0.39 is 0 Å². The highest BCUT2D eigenvalue weighted by molar-refractivity contribution is 5.78. The van der Waals surface area contributed by atoms with E-state index in [0.717, 1.165) is 25.2 Å². The van der Waals surface area contributed by atoms with E-state index in [4.69, 9.17) is 0 Å². The van der Waals surface area contributed by atoms with Gasteiger partial charge in [0.15, 0.2) is 0 Å². The molecule has 0 fully saturated rings. The SMILES string of the molecule is c1cc2c3c(c1)nnn3CCNC2. The first kappa shape index (κ1) is 7.03. The van der Waals surface area contributed by atoms with E-state index >= 15 is 0 Å². The van der Waals surface area contributed by atoms with Gasteiger partial charge in [0.2, 0.25) is 0 Å². The van der Waals surface area contributed by atoms with Crippen LogP contribution in [0.15, 0.2) is 18.2 Å². The van der Waals surface area contributed by atoms with Crippen molar-refractivity contribution in [1.82, 2.24) is 20.3 Å². The van der Waals surface area contributed by atoms with Gasteiger partial charge in [-0.1, -0.05) is 17.3 Å². The third kappa shape index (κ3) is 0.954. The van der Waals surface area contributed by atoms with Gasteiger partial charge in [0.25, 0.3) is 0 Å². The molecule has 3 rings (SSSR count). The second kappa shape index (κ2) is 2.53. The Morgan fingerprint density at radius 3 is 3.38 bits per heavy atom. The van der Waals surface area contributed by atoms with Gasteiger partial charge in [0.1, 0.15) is 5.52 Å². The Morgan fingerprint density at radius 1 is 1.38 bits per heavy atom. The van der Waals surface area contributed by atoms with E-state index in [1.807, 2.05) is 16.8 Å². The van der Waals surface area contributed by atoms with Crippen LogP contribution in [0.25, 0.3) is 11.0 Å². The zero-order chi connectivity index (χ0) is 8.67. The van der Waals surface area contributed by atoms with E-state index in [0.29, 0.717) is 0 Å². The summed E-state index contributed by atoms with van der Waals surface area (Å²) in [6, 6.07) is 6.16. The van der Waals surface area contributed by atoms with Crippen molar-refractivity contribution >= 4 is 11.0 Å². The normalized spacial score (nSPS) is 16.0. The molecule has 0 spiro atoms. The van der Waals surface area contributed by atoms with Crippen LogP contribution >= 0.6 is 0 Å². The molecule has 2 aromatic rings. The van der Waals surface area contributed by atoms with Gasteiger partial charge in [-0.05, 0) is 11.6 Å². The van der Waals surface area contributed by atoms with Gasteiger partial charge in [-0.3, -0.25) is 0 Å². The molecule has 13 heavy (non-hydrogen) atoms. The standard InChI is InChI=1S/C9H10N4/c1-2-7-6-10-4-5-13-9(7)8(3-1)11-12-13/h1-3,10H,4-6H2. The number of hydrogen-bond donors (Lipinski definition) is 1. The van der Waals surface area contributed by atoms with Crippen molar-refractivity contribution in [2.45, 2.75) is 13.1 Å². The summed E-state index contributed by atoms with van der Waals surface area (Å²) in [6.45, 7) is 2.80. The second-order valence-electron chi connectivity index (χ2n) is 3.27. The van der Waals surface area contributed by atoms with Gasteiger partial charge >= 0.3 is 0 Å². The maximum atomic E-state index is 4.12. The van der Waals surface area contributed by atoms with Crippen LogP contribution in [0.1, 0.15) is 5.56 Å². The summed E-state index contributed by atoms with van der Waals surface area (Å²) in [4.78, 5) is 0. The zero-order valence-electron chi connectivity index (χ0n) is 7.20. The minimum absolute atomic E-state index is 0.910. The van der Waals surface area contributed by atoms with Gasteiger partial charge in [0, 0.05) is 13.1 Å². The van der Waals surface area contributed by atoms with Crippen molar-refractivity contribution in [1.29, 1.82) is 0 Å². The Balaban J connectivity index is 2.40. The average Bonchev–Trinajstić information content (AvgIpc) is 2.44. The maximum absolute atomic E-state index is 4.12.